The molecule has 0 bridgehead atoms. The zero-order valence-corrected chi connectivity index (χ0v) is 25.4. The Hall–Kier alpha value is -2.72. The monoisotopic (exact) mass is 615 g/mol. The molecule has 2 aliphatic heterocycles. The second-order valence-corrected chi connectivity index (χ2v) is 13.6. The Kier molecular flexibility index (Phi) is 9.63. The molecule has 1 aromatic heterocycles. The van der Waals surface area contributed by atoms with E-state index in [1.807, 2.05) is 11.8 Å². The molecule has 1 N–H and O–H groups in total. The van der Waals surface area contributed by atoms with Gasteiger partial charge in [0, 0.05) is 51.5 Å². The van der Waals surface area contributed by atoms with E-state index in [0.29, 0.717) is 43.7 Å². The number of sulfonamides is 1. The molecule has 3 heterocycles. The number of nitrogens with zero attached hydrogens (tertiary/aromatic N) is 4. The Morgan fingerprint density at radius 1 is 1.10 bits per heavy atom. The van der Waals surface area contributed by atoms with E-state index in [9.17, 15) is 26.0 Å². The molecule has 1 aromatic carbocycles. The number of aromatic nitrogens is 1. The van der Waals surface area contributed by atoms with Crippen LogP contribution in [0.25, 0.3) is 0 Å². The molecule has 228 valence electrons. The summed E-state index contributed by atoms with van der Waals surface area (Å²) in [5.74, 6) is -0.199. The molecule has 0 spiro atoms. The van der Waals surface area contributed by atoms with Crippen LogP contribution in [0.2, 0.25) is 0 Å². The number of hydroxylamine groups is 1. The maximum Gasteiger partial charge on any atom is 0.285 e. The number of nitrogens with one attached hydrogen (secondary N) is 1. The summed E-state index contributed by atoms with van der Waals surface area (Å²) in [6.45, 7) is 5.56. The van der Waals surface area contributed by atoms with Crippen LogP contribution in [0.15, 0.2) is 29.3 Å². The molecule has 2 aliphatic rings. The average molecular weight is 616 g/mol. The van der Waals surface area contributed by atoms with Gasteiger partial charge in [0.15, 0.2) is 6.17 Å². The van der Waals surface area contributed by atoms with Crippen molar-refractivity contribution in [2.45, 2.75) is 44.2 Å². The van der Waals surface area contributed by atoms with Crippen LogP contribution in [-0.4, -0.2) is 88.8 Å². The first-order valence-corrected chi connectivity index (χ1v) is 16.9. The van der Waals surface area contributed by atoms with Gasteiger partial charge in [0.25, 0.3) is 16.0 Å². The SMILES string of the molecule is CCCc1cn(C)c2c1N(OS(C)(=O)=O)C(c1cc(S(=O)(=O)N3CCN(CCCF)CC3)ccc1OCC)NC2=O. The van der Waals surface area contributed by atoms with Crippen LogP contribution in [0.1, 0.15) is 54.5 Å². The van der Waals surface area contributed by atoms with Crippen molar-refractivity contribution in [1.82, 2.24) is 19.1 Å². The zero-order chi connectivity index (χ0) is 29.9. The van der Waals surface area contributed by atoms with E-state index in [1.165, 1.54) is 22.5 Å². The fourth-order valence-electron chi connectivity index (χ4n) is 5.27. The van der Waals surface area contributed by atoms with Gasteiger partial charge in [-0.05, 0) is 43.5 Å². The molecule has 1 saturated heterocycles. The predicted octanol–water partition coefficient (Wildman–Crippen LogP) is 2.18. The van der Waals surface area contributed by atoms with Crippen molar-refractivity contribution in [1.29, 1.82) is 0 Å². The molecule has 15 heteroatoms. The van der Waals surface area contributed by atoms with Gasteiger partial charge in [-0.1, -0.05) is 13.3 Å². The van der Waals surface area contributed by atoms with Crippen LogP contribution in [0, 0.1) is 0 Å². The van der Waals surface area contributed by atoms with E-state index in [-0.39, 0.29) is 41.6 Å². The number of amides is 1. The highest BCUT2D eigenvalue weighted by molar-refractivity contribution is 7.89. The standard InChI is InChI=1S/C26H38FN5O7S2/c1-5-8-19-18-29(3)24-23(19)32(39-40(4,34)35)25(28-26(24)33)21-17-20(9-10-22(21)38-6-2)41(36,37)31-15-13-30(14-16-31)12-7-11-27/h9-10,17-18,25H,5-8,11-16H2,1-4H3,(H,28,33). The Balaban J connectivity index is 1.78. The topological polar surface area (TPSA) is 130 Å². The van der Waals surface area contributed by atoms with Crippen molar-refractivity contribution in [2.75, 3.05) is 57.3 Å². The second kappa shape index (κ2) is 12.7. The van der Waals surface area contributed by atoms with Crippen molar-refractivity contribution in [3.8, 4) is 5.75 Å². The Morgan fingerprint density at radius 3 is 2.41 bits per heavy atom. The summed E-state index contributed by atoms with van der Waals surface area (Å²) in [6, 6.07) is 4.33. The summed E-state index contributed by atoms with van der Waals surface area (Å²) < 4.78 is 79.1. The number of fused-ring (bicyclic) bond motifs is 1. The molecular weight excluding hydrogens is 577 g/mol. The molecule has 41 heavy (non-hydrogen) atoms. The van der Waals surface area contributed by atoms with Crippen molar-refractivity contribution < 1.29 is 35.0 Å². The van der Waals surface area contributed by atoms with E-state index in [2.05, 4.69) is 5.32 Å². The number of halogens is 1. The average Bonchev–Trinajstić information content (AvgIpc) is 3.25. The van der Waals surface area contributed by atoms with Crippen LogP contribution in [0.4, 0.5) is 10.1 Å². The van der Waals surface area contributed by atoms with Gasteiger partial charge < -0.3 is 19.5 Å². The Bertz CT molecular complexity index is 1470. The number of ether oxygens (including phenoxy) is 1. The summed E-state index contributed by atoms with van der Waals surface area (Å²) in [5.41, 5.74) is 1.46. The first kappa shape index (κ1) is 31.2. The number of aryl methyl sites for hydroxylation is 2. The minimum Gasteiger partial charge on any atom is -0.493 e. The Morgan fingerprint density at radius 2 is 1.80 bits per heavy atom. The lowest BCUT2D eigenvalue weighted by atomic mass is 10.1. The van der Waals surface area contributed by atoms with E-state index < -0.39 is 38.9 Å². The maximum absolute atomic E-state index is 13.7. The lowest BCUT2D eigenvalue weighted by molar-refractivity contribution is 0.0877. The normalized spacial score (nSPS) is 18.8. The predicted molar refractivity (Wildman–Crippen MR) is 151 cm³/mol. The van der Waals surface area contributed by atoms with E-state index in [4.69, 9.17) is 9.02 Å². The van der Waals surface area contributed by atoms with Gasteiger partial charge in [0.1, 0.15) is 17.1 Å². The number of rotatable bonds is 12. The van der Waals surface area contributed by atoms with Gasteiger partial charge in [-0.25, -0.2) is 13.5 Å². The molecule has 2 aromatic rings. The van der Waals surface area contributed by atoms with Gasteiger partial charge in [-0.15, -0.1) is 4.28 Å². The molecule has 0 aliphatic carbocycles. The number of carbonyl (C=O) groups is 1. The smallest absolute Gasteiger partial charge is 0.285 e. The largest absolute Gasteiger partial charge is 0.493 e. The number of benzene rings is 1. The second-order valence-electron chi connectivity index (χ2n) is 10.1. The molecule has 1 atom stereocenters. The van der Waals surface area contributed by atoms with Crippen LogP contribution >= 0.6 is 0 Å². The number of piperazine rings is 1. The first-order chi connectivity index (χ1) is 19.4. The molecule has 1 amide bonds. The molecule has 0 saturated carbocycles. The quantitative estimate of drug-likeness (QED) is 0.382. The number of hydrogen-bond acceptors (Lipinski definition) is 9. The molecule has 4 rings (SSSR count). The van der Waals surface area contributed by atoms with Gasteiger partial charge in [0.2, 0.25) is 10.0 Å². The van der Waals surface area contributed by atoms with E-state index >= 15 is 0 Å². The minimum absolute atomic E-state index is 0.0330. The summed E-state index contributed by atoms with van der Waals surface area (Å²) >= 11 is 0. The highest BCUT2D eigenvalue weighted by Crippen LogP contribution is 2.41. The zero-order valence-electron chi connectivity index (χ0n) is 23.8. The van der Waals surface area contributed by atoms with Crippen molar-refractivity contribution in [2.24, 2.45) is 7.05 Å². The van der Waals surface area contributed by atoms with E-state index in [0.717, 1.165) is 17.7 Å². The molecule has 12 nitrogen and oxygen atoms in total. The van der Waals surface area contributed by atoms with Crippen molar-refractivity contribution >= 4 is 31.7 Å². The lowest BCUT2D eigenvalue weighted by Gasteiger charge is -2.37. The molecule has 0 radical (unpaired) electrons. The lowest BCUT2D eigenvalue weighted by Crippen LogP contribution is -2.49. The van der Waals surface area contributed by atoms with Crippen LogP contribution in [-0.2, 0) is 37.9 Å². The fourth-order valence-corrected chi connectivity index (χ4v) is 7.18. The molecule has 1 unspecified atom stereocenters. The molecular formula is C26H38FN5O7S2. The highest BCUT2D eigenvalue weighted by Gasteiger charge is 2.41. The fraction of sp³-hybridized carbons (Fsp3) is 0.577. The third-order valence-electron chi connectivity index (χ3n) is 7.06. The van der Waals surface area contributed by atoms with Gasteiger partial charge in [-0.3, -0.25) is 9.18 Å². The van der Waals surface area contributed by atoms with Crippen LogP contribution in [0.3, 0.4) is 0 Å². The highest BCUT2D eigenvalue weighted by atomic mass is 32.2. The first-order valence-electron chi connectivity index (χ1n) is 13.6. The number of carbonyl (C=O) groups excluding carboxylic acids is 1. The third kappa shape index (κ3) is 6.69. The van der Waals surface area contributed by atoms with Crippen molar-refractivity contribution in [3.63, 3.8) is 0 Å². The van der Waals surface area contributed by atoms with Crippen LogP contribution in [0.5, 0.6) is 5.75 Å². The summed E-state index contributed by atoms with van der Waals surface area (Å²) in [4.78, 5) is 15.4. The van der Waals surface area contributed by atoms with Gasteiger partial charge in [0.05, 0.1) is 24.4 Å². The summed E-state index contributed by atoms with van der Waals surface area (Å²) in [5, 5.41) is 3.91. The van der Waals surface area contributed by atoms with Gasteiger partial charge in [-0.2, -0.15) is 12.7 Å². The number of anilines is 1. The van der Waals surface area contributed by atoms with Gasteiger partial charge >= 0.3 is 0 Å². The van der Waals surface area contributed by atoms with Crippen molar-refractivity contribution in [3.05, 3.63) is 41.2 Å². The maximum atomic E-state index is 13.7. The summed E-state index contributed by atoms with van der Waals surface area (Å²) in [6.07, 6.45) is 3.13. The van der Waals surface area contributed by atoms with E-state index in [1.54, 1.807) is 24.7 Å². The van der Waals surface area contributed by atoms with Crippen LogP contribution < -0.4 is 15.1 Å². The Labute approximate surface area is 241 Å². The molecule has 1 fully saturated rings. The number of alkyl halides is 1. The third-order valence-corrected chi connectivity index (χ3v) is 9.38. The minimum atomic E-state index is -4.07. The number of hydrogen-bond donors (Lipinski definition) is 1. The summed E-state index contributed by atoms with van der Waals surface area (Å²) in [7, 11) is -6.34.